The number of carbonyl (C=O) groups excluding carboxylic acids is 3. The van der Waals surface area contributed by atoms with Gasteiger partial charge in [-0.2, -0.15) is 0 Å². The summed E-state index contributed by atoms with van der Waals surface area (Å²) in [5.74, 6) is -0.948. The van der Waals surface area contributed by atoms with Crippen LogP contribution < -0.4 is 5.32 Å². The van der Waals surface area contributed by atoms with Crippen LogP contribution in [0.2, 0.25) is 0 Å². The Hall–Kier alpha value is -2.47. The summed E-state index contributed by atoms with van der Waals surface area (Å²) in [6.07, 6.45) is 0.992. The highest BCUT2D eigenvalue weighted by Gasteiger charge is 2.35. The third kappa shape index (κ3) is 3.64. The molecule has 6 heteroatoms. The van der Waals surface area contributed by atoms with Gasteiger partial charge in [0.05, 0.1) is 11.1 Å². The number of nitrogens with zero attached hydrogens (tertiary/aromatic N) is 1. The molecule has 0 spiro atoms. The van der Waals surface area contributed by atoms with E-state index in [0.717, 1.165) is 15.8 Å². The molecule has 3 rings (SSSR count). The monoisotopic (exact) mass is 400 g/mol. The zero-order valence-electron chi connectivity index (χ0n) is 13.7. The van der Waals surface area contributed by atoms with Gasteiger partial charge in [0, 0.05) is 23.1 Å². The molecule has 0 atom stereocenters. The van der Waals surface area contributed by atoms with E-state index in [1.807, 2.05) is 24.3 Å². The lowest BCUT2D eigenvalue weighted by molar-refractivity contribution is -0.116. The molecule has 1 heterocycles. The normalized spacial score (nSPS) is 13.1. The number of benzene rings is 2. The quantitative estimate of drug-likeness (QED) is 0.779. The minimum absolute atomic E-state index is 0.0577. The second-order valence-corrected chi connectivity index (χ2v) is 6.72. The van der Waals surface area contributed by atoms with E-state index in [4.69, 9.17) is 0 Å². The SMILES string of the molecule is CCc1ccc(NC(=O)CCN2C(=O)c3ccc(Br)cc3C2=O)cc1. The number of rotatable bonds is 5. The molecule has 2 aromatic rings. The first-order valence-electron chi connectivity index (χ1n) is 8.04. The van der Waals surface area contributed by atoms with Crippen LogP contribution in [-0.4, -0.2) is 29.2 Å². The van der Waals surface area contributed by atoms with Gasteiger partial charge in [-0.25, -0.2) is 0 Å². The summed E-state index contributed by atoms with van der Waals surface area (Å²) in [4.78, 5) is 37.9. The first-order chi connectivity index (χ1) is 12.0. The van der Waals surface area contributed by atoms with Gasteiger partial charge >= 0.3 is 0 Å². The van der Waals surface area contributed by atoms with Crippen molar-refractivity contribution < 1.29 is 14.4 Å². The minimum atomic E-state index is -0.360. The Morgan fingerprint density at radius 2 is 1.72 bits per heavy atom. The van der Waals surface area contributed by atoms with Crippen molar-refractivity contribution in [2.75, 3.05) is 11.9 Å². The van der Waals surface area contributed by atoms with Crippen molar-refractivity contribution in [2.24, 2.45) is 0 Å². The van der Waals surface area contributed by atoms with Crippen LogP contribution in [0.15, 0.2) is 46.9 Å². The van der Waals surface area contributed by atoms with Crippen LogP contribution in [0.3, 0.4) is 0 Å². The van der Waals surface area contributed by atoms with Crippen molar-refractivity contribution in [1.29, 1.82) is 0 Å². The van der Waals surface area contributed by atoms with Gasteiger partial charge < -0.3 is 5.32 Å². The highest BCUT2D eigenvalue weighted by Crippen LogP contribution is 2.26. The molecule has 0 aromatic heterocycles. The number of halogens is 1. The molecule has 0 saturated carbocycles. The lowest BCUT2D eigenvalue weighted by Gasteiger charge is -2.13. The molecule has 128 valence electrons. The number of carbonyl (C=O) groups is 3. The third-order valence-electron chi connectivity index (χ3n) is 4.14. The minimum Gasteiger partial charge on any atom is -0.326 e. The van der Waals surface area contributed by atoms with Gasteiger partial charge in [0.15, 0.2) is 0 Å². The molecule has 5 nitrogen and oxygen atoms in total. The van der Waals surface area contributed by atoms with E-state index in [2.05, 4.69) is 28.2 Å². The number of nitrogens with one attached hydrogen (secondary N) is 1. The maximum Gasteiger partial charge on any atom is 0.261 e. The predicted octanol–water partition coefficient (Wildman–Crippen LogP) is 3.64. The Bertz CT molecular complexity index is 846. The van der Waals surface area contributed by atoms with Gasteiger partial charge in [-0.1, -0.05) is 35.0 Å². The smallest absolute Gasteiger partial charge is 0.261 e. The Labute approximate surface area is 154 Å². The van der Waals surface area contributed by atoms with E-state index in [1.54, 1.807) is 18.2 Å². The zero-order chi connectivity index (χ0) is 18.0. The van der Waals surface area contributed by atoms with Crippen LogP contribution in [-0.2, 0) is 11.2 Å². The van der Waals surface area contributed by atoms with E-state index in [1.165, 1.54) is 5.56 Å². The fraction of sp³-hybridized carbons (Fsp3) is 0.211. The molecule has 1 aliphatic rings. The second kappa shape index (κ2) is 7.19. The Kier molecular flexibility index (Phi) is 4.99. The van der Waals surface area contributed by atoms with Crippen LogP contribution >= 0.6 is 15.9 Å². The number of hydrogen-bond acceptors (Lipinski definition) is 3. The fourth-order valence-electron chi connectivity index (χ4n) is 2.73. The van der Waals surface area contributed by atoms with E-state index in [-0.39, 0.29) is 30.7 Å². The Balaban J connectivity index is 1.61. The van der Waals surface area contributed by atoms with Crippen molar-refractivity contribution in [2.45, 2.75) is 19.8 Å². The number of imide groups is 1. The standard InChI is InChI=1S/C19H17BrN2O3/c1-2-12-3-6-14(7-4-12)21-17(23)9-10-22-18(24)15-8-5-13(20)11-16(15)19(22)25/h3-8,11H,2,9-10H2,1H3,(H,21,23). The summed E-state index contributed by atoms with van der Waals surface area (Å²) in [6, 6.07) is 12.6. The summed E-state index contributed by atoms with van der Waals surface area (Å²) in [5.41, 5.74) is 2.64. The summed E-state index contributed by atoms with van der Waals surface area (Å²) in [5, 5.41) is 2.78. The molecule has 2 aromatic carbocycles. The van der Waals surface area contributed by atoms with Gasteiger partial charge in [0.1, 0.15) is 0 Å². The molecule has 1 N–H and O–H groups in total. The number of fused-ring (bicyclic) bond motifs is 1. The van der Waals surface area contributed by atoms with E-state index < -0.39 is 0 Å². The topological polar surface area (TPSA) is 66.5 Å². The van der Waals surface area contributed by atoms with Crippen molar-refractivity contribution >= 4 is 39.3 Å². The first kappa shape index (κ1) is 17.4. The molecule has 0 saturated heterocycles. The molecule has 0 aliphatic carbocycles. The maximum atomic E-state index is 12.4. The van der Waals surface area contributed by atoms with Gasteiger partial charge in [0.2, 0.25) is 5.91 Å². The van der Waals surface area contributed by atoms with Crippen molar-refractivity contribution in [3.05, 3.63) is 63.6 Å². The highest BCUT2D eigenvalue weighted by molar-refractivity contribution is 9.10. The molecular formula is C19H17BrN2O3. The van der Waals surface area contributed by atoms with Crippen LogP contribution in [0.4, 0.5) is 5.69 Å². The van der Waals surface area contributed by atoms with Crippen molar-refractivity contribution in [3.63, 3.8) is 0 Å². The zero-order valence-corrected chi connectivity index (χ0v) is 15.3. The molecule has 0 bridgehead atoms. The Morgan fingerprint density at radius 1 is 1.04 bits per heavy atom. The molecule has 0 fully saturated rings. The molecule has 1 aliphatic heterocycles. The highest BCUT2D eigenvalue weighted by atomic mass is 79.9. The van der Waals surface area contributed by atoms with E-state index in [0.29, 0.717) is 16.8 Å². The third-order valence-corrected chi connectivity index (χ3v) is 4.63. The molecule has 25 heavy (non-hydrogen) atoms. The lowest BCUT2D eigenvalue weighted by Crippen LogP contribution is -2.32. The number of hydrogen-bond donors (Lipinski definition) is 1. The number of amides is 3. The van der Waals surface area contributed by atoms with Gasteiger partial charge in [-0.05, 0) is 42.3 Å². The van der Waals surface area contributed by atoms with Gasteiger partial charge in [-0.3, -0.25) is 19.3 Å². The first-order valence-corrected chi connectivity index (χ1v) is 8.83. The summed E-state index contributed by atoms with van der Waals surface area (Å²) in [7, 11) is 0. The summed E-state index contributed by atoms with van der Waals surface area (Å²) in [6.45, 7) is 2.12. The molecular weight excluding hydrogens is 384 g/mol. The van der Waals surface area contributed by atoms with Crippen LogP contribution in [0.1, 0.15) is 39.6 Å². The number of anilines is 1. The van der Waals surface area contributed by atoms with E-state index in [9.17, 15) is 14.4 Å². The summed E-state index contributed by atoms with van der Waals surface area (Å²) < 4.78 is 0.738. The predicted molar refractivity (Wildman–Crippen MR) is 98.6 cm³/mol. The molecule has 0 radical (unpaired) electrons. The van der Waals surface area contributed by atoms with Crippen molar-refractivity contribution in [1.82, 2.24) is 4.90 Å². The van der Waals surface area contributed by atoms with Crippen molar-refractivity contribution in [3.8, 4) is 0 Å². The summed E-state index contributed by atoms with van der Waals surface area (Å²) >= 11 is 3.30. The molecule has 0 unspecified atom stereocenters. The number of aryl methyl sites for hydroxylation is 1. The second-order valence-electron chi connectivity index (χ2n) is 5.80. The largest absolute Gasteiger partial charge is 0.326 e. The average molecular weight is 401 g/mol. The van der Waals surface area contributed by atoms with Crippen LogP contribution in [0.5, 0.6) is 0 Å². The average Bonchev–Trinajstić information content (AvgIpc) is 2.84. The van der Waals surface area contributed by atoms with Gasteiger partial charge in [-0.15, -0.1) is 0 Å². The van der Waals surface area contributed by atoms with E-state index >= 15 is 0 Å². The van der Waals surface area contributed by atoms with Crippen LogP contribution in [0.25, 0.3) is 0 Å². The molecule has 3 amide bonds. The maximum absolute atomic E-state index is 12.4. The van der Waals surface area contributed by atoms with Gasteiger partial charge in [0.25, 0.3) is 11.8 Å². The fourth-order valence-corrected chi connectivity index (χ4v) is 3.09. The lowest BCUT2D eigenvalue weighted by atomic mass is 10.1. The Morgan fingerprint density at radius 3 is 2.40 bits per heavy atom. The van der Waals surface area contributed by atoms with Crippen LogP contribution in [0, 0.1) is 0 Å².